The third kappa shape index (κ3) is 4.28. The van der Waals surface area contributed by atoms with Gasteiger partial charge in [0.05, 0.1) is 12.4 Å². The van der Waals surface area contributed by atoms with Crippen molar-refractivity contribution in [2.45, 2.75) is 32.9 Å². The zero-order valence-electron chi connectivity index (χ0n) is 11.4. The molecule has 0 spiro atoms. The second kappa shape index (κ2) is 6.78. The highest BCUT2D eigenvalue weighted by atomic mass is 16.5. The maximum atomic E-state index is 5.71. The Labute approximate surface area is 113 Å². The quantitative estimate of drug-likeness (QED) is 0.777. The maximum absolute atomic E-state index is 5.71. The monoisotopic (exact) mass is 260 g/mol. The van der Waals surface area contributed by atoms with Gasteiger partial charge >= 0.3 is 0 Å². The van der Waals surface area contributed by atoms with Gasteiger partial charge in [-0.1, -0.05) is 0 Å². The van der Waals surface area contributed by atoms with Crippen LogP contribution in [0, 0.1) is 0 Å². The van der Waals surface area contributed by atoms with Crippen molar-refractivity contribution in [1.82, 2.24) is 14.5 Å². The largest absolute Gasteiger partial charge is 0.487 e. The first kappa shape index (κ1) is 13.4. The van der Waals surface area contributed by atoms with Gasteiger partial charge in [-0.3, -0.25) is 0 Å². The first-order valence-corrected chi connectivity index (χ1v) is 6.57. The van der Waals surface area contributed by atoms with Crippen molar-refractivity contribution in [3.05, 3.63) is 37.1 Å². The summed E-state index contributed by atoms with van der Waals surface area (Å²) in [6.45, 7) is 5.81. The molecule has 0 atom stereocenters. The van der Waals surface area contributed by atoms with Crippen molar-refractivity contribution in [3.63, 3.8) is 0 Å². The van der Waals surface area contributed by atoms with E-state index < -0.39 is 0 Å². The van der Waals surface area contributed by atoms with Gasteiger partial charge < -0.3 is 14.6 Å². The third-order valence-electron chi connectivity index (χ3n) is 2.58. The first-order chi connectivity index (χ1) is 9.25. The van der Waals surface area contributed by atoms with Gasteiger partial charge in [-0.25, -0.2) is 9.97 Å². The fourth-order valence-electron chi connectivity index (χ4n) is 1.76. The first-order valence-electron chi connectivity index (χ1n) is 6.57. The molecule has 1 N–H and O–H groups in total. The van der Waals surface area contributed by atoms with E-state index in [1.165, 1.54) is 0 Å². The minimum atomic E-state index is 0.149. The van der Waals surface area contributed by atoms with Crippen LogP contribution in [0.2, 0.25) is 0 Å². The van der Waals surface area contributed by atoms with Crippen LogP contribution < -0.4 is 10.1 Å². The summed E-state index contributed by atoms with van der Waals surface area (Å²) in [5, 5.41) is 3.31. The zero-order chi connectivity index (χ0) is 13.5. The number of hydrogen-bond donors (Lipinski definition) is 1. The molecule has 0 aliphatic carbocycles. The van der Waals surface area contributed by atoms with Crippen LogP contribution in [0.4, 0.5) is 5.82 Å². The van der Waals surface area contributed by atoms with Gasteiger partial charge in [-0.15, -0.1) is 0 Å². The summed E-state index contributed by atoms with van der Waals surface area (Å²) >= 11 is 0. The van der Waals surface area contributed by atoms with E-state index in [4.69, 9.17) is 4.74 Å². The Hall–Kier alpha value is -2.04. The zero-order valence-corrected chi connectivity index (χ0v) is 11.4. The molecule has 2 aromatic heterocycles. The number of rotatable bonds is 7. The van der Waals surface area contributed by atoms with Crippen LogP contribution in [0.1, 0.15) is 20.3 Å². The number of nitrogens with zero attached hydrogens (tertiary/aromatic N) is 3. The molecule has 19 heavy (non-hydrogen) atoms. The molecule has 0 aliphatic heterocycles. The van der Waals surface area contributed by atoms with Gasteiger partial charge in [-0.05, 0) is 32.4 Å². The van der Waals surface area contributed by atoms with E-state index in [0.717, 1.165) is 31.1 Å². The lowest BCUT2D eigenvalue weighted by Crippen LogP contribution is -2.11. The van der Waals surface area contributed by atoms with Gasteiger partial charge in [0.15, 0.2) is 11.6 Å². The SMILES string of the molecule is CC(C)Oc1cccnc1NCCCn1ccnc1. The second-order valence-electron chi connectivity index (χ2n) is 4.60. The van der Waals surface area contributed by atoms with Crippen LogP contribution in [0.25, 0.3) is 0 Å². The van der Waals surface area contributed by atoms with Crippen LogP contribution in [0.5, 0.6) is 5.75 Å². The number of aryl methyl sites for hydroxylation is 1. The molecule has 0 saturated heterocycles. The van der Waals surface area contributed by atoms with E-state index >= 15 is 0 Å². The lowest BCUT2D eigenvalue weighted by molar-refractivity contribution is 0.243. The van der Waals surface area contributed by atoms with E-state index in [0.29, 0.717) is 0 Å². The van der Waals surface area contributed by atoms with Crippen LogP contribution in [0.3, 0.4) is 0 Å². The molecule has 5 nitrogen and oxygen atoms in total. The summed E-state index contributed by atoms with van der Waals surface area (Å²) in [4.78, 5) is 8.33. The average molecular weight is 260 g/mol. The molecule has 0 fully saturated rings. The molecule has 0 bridgehead atoms. The van der Waals surface area contributed by atoms with Gasteiger partial charge in [0.1, 0.15) is 0 Å². The number of pyridine rings is 1. The number of nitrogens with one attached hydrogen (secondary N) is 1. The molecule has 0 radical (unpaired) electrons. The number of ether oxygens (including phenoxy) is 1. The Morgan fingerprint density at radius 2 is 2.26 bits per heavy atom. The molecule has 0 aromatic carbocycles. The highest BCUT2D eigenvalue weighted by Gasteiger charge is 2.05. The summed E-state index contributed by atoms with van der Waals surface area (Å²) in [5.41, 5.74) is 0. The fraction of sp³-hybridized carbons (Fsp3) is 0.429. The number of aromatic nitrogens is 3. The van der Waals surface area contributed by atoms with Crippen molar-refractivity contribution in [3.8, 4) is 5.75 Å². The topological polar surface area (TPSA) is 52.0 Å². The Morgan fingerprint density at radius 1 is 1.37 bits per heavy atom. The van der Waals surface area contributed by atoms with Gasteiger partial charge in [-0.2, -0.15) is 0 Å². The van der Waals surface area contributed by atoms with E-state index in [-0.39, 0.29) is 6.10 Å². The molecule has 2 heterocycles. The predicted octanol–water partition coefficient (Wildman–Crippen LogP) is 2.57. The minimum absolute atomic E-state index is 0.149. The standard InChI is InChI=1S/C14H20N4O/c1-12(2)19-13-5-3-6-16-14(13)17-7-4-9-18-10-8-15-11-18/h3,5-6,8,10-12H,4,7,9H2,1-2H3,(H,16,17). The Kier molecular flexibility index (Phi) is 4.78. The average Bonchev–Trinajstić information content (AvgIpc) is 2.89. The molecular weight excluding hydrogens is 240 g/mol. The lowest BCUT2D eigenvalue weighted by Gasteiger charge is -2.14. The molecule has 102 valence electrons. The summed E-state index contributed by atoms with van der Waals surface area (Å²) in [5.74, 6) is 1.61. The Balaban J connectivity index is 1.82. The van der Waals surface area contributed by atoms with Crippen molar-refractivity contribution >= 4 is 5.82 Å². The fourth-order valence-corrected chi connectivity index (χ4v) is 1.76. The van der Waals surface area contributed by atoms with Crippen LogP contribution >= 0.6 is 0 Å². The maximum Gasteiger partial charge on any atom is 0.168 e. The van der Waals surface area contributed by atoms with Crippen molar-refractivity contribution in [2.24, 2.45) is 0 Å². The molecule has 0 saturated carbocycles. The number of hydrogen-bond acceptors (Lipinski definition) is 4. The minimum Gasteiger partial charge on any atom is -0.487 e. The smallest absolute Gasteiger partial charge is 0.168 e. The van der Waals surface area contributed by atoms with Crippen LogP contribution in [-0.2, 0) is 6.54 Å². The molecule has 0 unspecified atom stereocenters. The molecule has 0 amide bonds. The van der Waals surface area contributed by atoms with Crippen LogP contribution in [0.15, 0.2) is 37.1 Å². The molecular formula is C14H20N4O. The summed E-state index contributed by atoms with van der Waals surface area (Å²) in [7, 11) is 0. The Morgan fingerprint density at radius 3 is 3.00 bits per heavy atom. The van der Waals surface area contributed by atoms with Crippen molar-refractivity contribution in [1.29, 1.82) is 0 Å². The van der Waals surface area contributed by atoms with Crippen molar-refractivity contribution < 1.29 is 4.74 Å². The highest BCUT2D eigenvalue weighted by Crippen LogP contribution is 2.21. The lowest BCUT2D eigenvalue weighted by atomic mass is 10.3. The van der Waals surface area contributed by atoms with Crippen LogP contribution in [-0.4, -0.2) is 27.2 Å². The predicted molar refractivity (Wildman–Crippen MR) is 75.3 cm³/mol. The summed E-state index contributed by atoms with van der Waals surface area (Å²) in [6, 6.07) is 3.82. The van der Waals surface area contributed by atoms with E-state index in [1.54, 1.807) is 12.4 Å². The van der Waals surface area contributed by atoms with Gasteiger partial charge in [0.25, 0.3) is 0 Å². The second-order valence-corrected chi connectivity index (χ2v) is 4.60. The molecule has 0 aliphatic rings. The molecule has 2 aromatic rings. The van der Waals surface area contributed by atoms with Gasteiger partial charge in [0, 0.05) is 31.7 Å². The molecule has 5 heteroatoms. The van der Waals surface area contributed by atoms with E-state index in [9.17, 15) is 0 Å². The van der Waals surface area contributed by atoms with Crippen molar-refractivity contribution in [2.75, 3.05) is 11.9 Å². The van der Waals surface area contributed by atoms with E-state index in [1.807, 2.05) is 38.5 Å². The normalized spacial score (nSPS) is 10.7. The summed E-state index contributed by atoms with van der Waals surface area (Å²) in [6.07, 6.45) is 8.51. The van der Waals surface area contributed by atoms with E-state index in [2.05, 4.69) is 19.9 Å². The number of imidazole rings is 1. The molecule has 2 rings (SSSR count). The number of anilines is 1. The summed E-state index contributed by atoms with van der Waals surface area (Å²) < 4.78 is 7.77. The Bertz CT molecular complexity index is 482. The third-order valence-corrected chi connectivity index (χ3v) is 2.58. The highest BCUT2D eigenvalue weighted by molar-refractivity contribution is 5.49. The van der Waals surface area contributed by atoms with Gasteiger partial charge in [0.2, 0.25) is 0 Å².